The molecular weight excluding hydrogens is 221 g/mol. The lowest BCUT2D eigenvalue weighted by Crippen LogP contribution is -2.34. The monoisotopic (exact) mass is 237 g/mol. The van der Waals surface area contributed by atoms with E-state index in [0.717, 1.165) is 6.42 Å². The molecule has 0 bridgehead atoms. The number of hydrogen-bond donors (Lipinski definition) is 1. The van der Waals surface area contributed by atoms with Crippen molar-refractivity contribution in [2.75, 3.05) is 6.54 Å². The maximum Gasteiger partial charge on any atom is 0.229 e. The van der Waals surface area contributed by atoms with Crippen molar-refractivity contribution < 1.29 is 4.79 Å². The predicted octanol–water partition coefficient (Wildman–Crippen LogP) is 2.73. The minimum Gasteiger partial charge on any atom is -0.356 e. The first kappa shape index (κ1) is 12.1. The second-order valence-corrected chi connectivity index (χ2v) is 6.14. The second kappa shape index (κ2) is 3.90. The SMILES string of the molecule is CC(C)CCNC(=O)[C@@]1(C)CC1(Cl)Cl. The van der Waals surface area contributed by atoms with E-state index in [9.17, 15) is 4.79 Å². The first-order valence-corrected chi connectivity index (χ1v) is 5.71. The van der Waals surface area contributed by atoms with E-state index in [-0.39, 0.29) is 5.91 Å². The molecule has 1 saturated carbocycles. The molecule has 4 heteroatoms. The third-order valence-electron chi connectivity index (χ3n) is 2.77. The fourth-order valence-corrected chi connectivity index (χ4v) is 2.02. The van der Waals surface area contributed by atoms with Gasteiger partial charge in [0.1, 0.15) is 4.33 Å². The van der Waals surface area contributed by atoms with E-state index in [4.69, 9.17) is 23.2 Å². The first-order chi connectivity index (χ1) is 6.29. The van der Waals surface area contributed by atoms with Crippen LogP contribution in [0.15, 0.2) is 0 Å². The first-order valence-electron chi connectivity index (χ1n) is 4.96. The highest BCUT2D eigenvalue weighted by Gasteiger charge is 2.67. The number of amides is 1. The van der Waals surface area contributed by atoms with Gasteiger partial charge in [0.05, 0.1) is 5.41 Å². The lowest BCUT2D eigenvalue weighted by molar-refractivity contribution is -0.125. The topological polar surface area (TPSA) is 29.1 Å². The Labute approximate surface area is 95.3 Å². The Morgan fingerprint density at radius 2 is 2.00 bits per heavy atom. The maximum absolute atomic E-state index is 11.6. The smallest absolute Gasteiger partial charge is 0.229 e. The molecule has 1 aliphatic rings. The van der Waals surface area contributed by atoms with E-state index in [1.165, 1.54) is 0 Å². The van der Waals surface area contributed by atoms with Gasteiger partial charge in [-0.2, -0.15) is 0 Å². The van der Waals surface area contributed by atoms with Crippen LogP contribution in [0.2, 0.25) is 0 Å². The van der Waals surface area contributed by atoms with E-state index in [2.05, 4.69) is 19.2 Å². The number of hydrogen-bond acceptors (Lipinski definition) is 1. The average molecular weight is 238 g/mol. The van der Waals surface area contributed by atoms with Gasteiger partial charge in [0, 0.05) is 6.54 Å². The predicted molar refractivity (Wildman–Crippen MR) is 59.6 cm³/mol. The summed E-state index contributed by atoms with van der Waals surface area (Å²) in [6, 6.07) is 0. The van der Waals surface area contributed by atoms with Gasteiger partial charge in [-0.15, -0.1) is 23.2 Å². The normalized spacial score (nSPS) is 29.0. The Bertz CT molecular complexity index is 240. The third-order valence-corrected chi connectivity index (χ3v) is 3.87. The molecule has 0 radical (unpaired) electrons. The van der Waals surface area contributed by atoms with Gasteiger partial charge in [-0.05, 0) is 25.7 Å². The van der Waals surface area contributed by atoms with Crippen LogP contribution in [-0.4, -0.2) is 16.8 Å². The quantitative estimate of drug-likeness (QED) is 0.749. The molecule has 0 aromatic carbocycles. The highest BCUT2D eigenvalue weighted by molar-refractivity contribution is 6.53. The highest BCUT2D eigenvalue weighted by Crippen LogP contribution is 2.63. The zero-order valence-corrected chi connectivity index (χ0v) is 10.4. The number of halogens is 2. The molecule has 82 valence electrons. The summed E-state index contributed by atoms with van der Waals surface area (Å²) >= 11 is 11.8. The molecule has 0 aliphatic heterocycles. The van der Waals surface area contributed by atoms with Crippen LogP contribution in [0.1, 0.15) is 33.6 Å². The van der Waals surface area contributed by atoms with Gasteiger partial charge >= 0.3 is 0 Å². The third kappa shape index (κ3) is 2.34. The summed E-state index contributed by atoms with van der Waals surface area (Å²) in [6.45, 7) is 6.75. The van der Waals surface area contributed by atoms with E-state index < -0.39 is 9.75 Å². The van der Waals surface area contributed by atoms with Crippen molar-refractivity contribution >= 4 is 29.1 Å². The summed E-state index contributed by atoms with van der Waals surface area (Å²) in [6.07, 6.45) is 1.54. The van der Waals surface area contributed by atoms with E-state index >= 15 is 0 Å². The molecule has 0 heterocycles. The molecule has 0 aromatic rings. The summed E-state index contributed by atoms with van der Waals surface area (Å²) < 4.78 is -0.852. The van der Waals surface area contributed by atoms with Gasteiger partial charge in [0.25, 0.3) is 0 Å². The molecule has 1 N–H and O–H groups in total. The standard InChI is InChI=1S/C10H17Cl2NO/c1-7(2)4-5-13-8(14)9(3)6-10(9,11)12/h7H,4-6H2,1-3H3,(H,13,14)/t9-/m1/s1. The summed E-state index contributed by atoms with van der Waals surface area (Å²) in [5.74, 6) is 0.571. The van der Waals surface area contributed by atoms with Gasteiger partial charge < -0.3 is 5.32 Å². The average Bonchev–Trinajstić information content (AvgIpc) is 2.51. The van der Waals surface area contributed by atoms with Crippen LogP contribution in [0.3, 0.4) is 0 Å². The van der Waals surface area contributed by atoms with Crippen LogP contribution in [0, 0.1) is 11.3 Å². The zero-order valence-electron chi connectivity index (χ0n) is 8.86. The number of nitrogens with one attached hydrogen (secondary N) is 1. The van der Waals surface area contributed by atoms with Crippen LogP contribution >= 0.6 is 23.2 Å². The Balaban J connectivity index is 2.31. The van der Waals surface area contributed by atoms with Crippen LogP contribution in [-0.2, 0) is 4.79 Å². The van der Waals surface area contributed by atoms with E-state index in [1.807, 2.05) is 0 Å². The number of rotatable bonds is 4. The van der Waals surface area contributed by atoms with Gasteiger partial charge in [-0.25, -0.2) is 0 Å². The molecule has 1 rings (SSSR count). The molecule has 0 saturated heterocycles. The number of alkyl halides is 2. The van der Waals surface area contributed by atoms with Crippen molar-refractivity contribution in [3.05, 3.63) is 0 Å². The molecular formula is C10H17Cl2NO. The summed E-state index contributed by atoms with van der Waals surface area (Å²) in [7, 11) is 0. The number of carbonyl (C=O) groups excluding carboxylic acids is 1. The molecule has 14 heavy (non-hydrogen) atoms. The van der Waals surface area contributed by atoms with Crippen molar-refractivity contribution in [1.82, 2.24) is 5.32 Å². The van der Waals surface area contributed by atoms with Crippen LogP contribution in [0.4, 0.5) is 0 Å². The molecule has 1 fully saturated rings. The fraction of sp³-hybridized carbons (Fsp3) is 0.900. The molecule has 2 nitrogen and oxygen atoms in total. The molecule has 1 aliphatic carbocycles. The Morgan fingerprint density at radius 3 is 2.36 bits per heavy atom. The second-order valence-electron chi connectivity index (χ2n) is 4.65. The Hall–Kier alpha value is 0.0500. The van der Waals surface area contributed by atoms with Crippen LogP contribution in [0.5, 0.6) is 0 Å². The molecule has 0 aromatic heterocycles. The highest BCUT2D eigenvalue weighted by atomic mass is 35.5. The summed E-state index contributed by atoms with van der Waals surface area (Å²) in [5, 5.41) is 2.86. The van der Waals surface area contributed by atoms with Crippen molar-refractivity contribution in [3.8, 4) is 0 Å². The summed E-state index contributed by atoms with van der Waals surface area (Å²) in [5.41, 5.74) is -0.576. The van der Waals surface area contributed by atoms with E-state index in [1.54, 1.807) is 6.92 Å². The maximum atomic E-state index is 11.6. The minimum atomic E-state index is -0.852. The molecule has 0 unspecified atom stereocenters. The van der Waals surface area contributed by atoms with Gasteiger partial charge in [0.15, 0.2) is 0 Å². The Kier molecular flexibility index (Phi) is 3.37. The number of carbonyl (C=O) groups is 1. The van der Waals surface area contributed by atoms with Gasteiger partial charge in [-0.3, -0.25) is 4.79 Å². The van der Waals surface area contributed by atoms with Crippen molar-refractivity contribution in [1.29, 1.82) is 0 Å². The van der Waals surface area contributed by atoms with Crippen molar-refractivity contribution in [2.45, 2.75) is 37.9 Å². The van der Waals surface area contributed by atoms with Crippen molar-refractivity contribution in [3.63, 3.8) is 0 Å². The fourth-order valence-electron chi connectivity index (χ4n) is 1.32. The molecule has 1 amide bonds. The van der Waals surface area contributed by atoms with Crippen molar-refractivity contribution in [2.24, 2.45) is 11.3 Å². The van der Waals surface area contributed by atoms with Gasteiger partial charge in [0.2, 0.25) is 5.91 Å². The van der Waals surface area contributed by atoms with Crippen LogP contribution in [0.25, 0.3) is 0 Å². The largest absolute Gasteiger partial charge is 0.356 e. The molecule has 1 atom stereocenters. The van der Waals surface area contributed by atoms with E-state index in [0.29, 0.717) is 18.9 Å². The lowest BCUT2D eigenvalue weighted by atomic mass is 10.1. The van der Waals surface area contributed by atoms with Gasteiger partial charge in [-0.1, -0.05) is 13.8 Å². The molecule has 0 spiro atoms. The van der Waals surface area contributed by atoms with Crippen LogP contribution < -0.4 is 5.32 Å². The minimum absolute atomic E-state index is 0.0249. The zero-order chi connectivity index (χ0) is 11.0. The lowest BCUT2D eigenvalue weighted by Gasteiger charge is -2.13. The Morgan fingerprint density at radius 1 is 1.50 bits per heavy atom. The summed E-state index contributed by atoms with van der Waals surface area (Å²) in [4.78, 5) is 11.6.